The van der Waals surface area contributed by atoms with Crippen LogP contribution in [0.3, 0.4) is 0 Å². The van der Waals surface area contributed by atoms with E-state index in [0.717, 1.165) is 17.0 Å². The zero-order chi connectivity index (χ0) is 15.1. The zero-order valence-corrected chi connectivity index (χ0v) is 13.4. The number of oxazole rings is 1. The second-order valence-corrected chi connectivity index (χ2v) is 7.26. The van der Waals surface area contributed by atoms with E-state index in [-0.39, 0.29) is 10.8 Å². The number of nitrogens with zero attached hydrogens (tertiary/aromatic N) is 3. The summed E-state index contributed by atoms with van der Waals surface area (Å²) < 4.78 is 5.38. The molecule has 0 bridgehead atoms. The van der Waals surface area contributed by atoms with Crippen LogP contribution in [0, 0.1) is 6.92 Å². The molecule has 0 saturated carbocycles. The van der Waals surface area contributed by atoms with Gasteiger partial charge in [-0.15, -0.1) is 5.10 Å². The van der Waals surface area contributed by atoms with Crippen LogP contribution in [0.15, 0.2) is 17.0 Å². The fourth-order valence-electron chi connectivity index (χ4n) is 2.53. The molecule has 0 aliphatic heterocycles. The van der Waals surface area contributed by atoms with Gasteiger partial charge in [0.05, 0.1) is 11.9 Å². The summed E-state index contributed by atoms with van der Waals surface area (Å²) in [6.07, 6.45) is 3.10. The van der Waals surface area contributed by atoms with E-state index in [1.54, 1.807) is 6.20 Å². The molecule has 0 aliphatic rings. The van der Waals surface area contributed by atoms with Crippen LogP contribution in [0.25, 0.3) is 11.5 Å². The quantitative estimate of drug-likeness (QED) is 0.787. The Morgan fingerprint density at radius 3 is 2.05 bits per heavy atom. The Hall–Kier alpha value is -1.71. The third-order valence-corrected chi connectivity index (χ3v) is 3.34. The second-order valence-electron chi connectivity index (χ2n) is 7.26. The number of hydrogen-bond donors (Lipinski definition) is 0. The Labute approximate surface area is 120 Å². The first kappa shape index (κ1) is 14.7. The van der Waals surface area contributed by atoms with Gasteiger partial charge in [0.15, 0.2) is 12.2 Å². The van der Waals surface area contributed by atoms with E-state index in [2.05, 4.69) is 63.6 Å². The summed E-state index contributed by atoms with van der Waals surface area (Å²) in [6, 6.07) is 0. The highest BCUT2D eigenvalue weighted by Gasteiger charge is 2.30. The van der Waals surface area contributed by atoms with E-state index >= 15 is 0 Å². The molecule has 0 radical (unpaired) electrons. The molecule has 0 spiro atoms. The molecule has 2 aromatic rings. The normalized spacial score (nSPS) is 12.8. The standard InChI is InChI=1S/C16H23N3O/c1-10-12(15(2,3)4)14(16(5,6)7)19-18-13(10)11-8-17-9-20-11/h8-9H,1-7H3. The van der Waals surface area contributed by atoms with Crippen LogP contribution in [-0.4, -0.2) is 15.2 Å². The van der Waals surface area contributed by atoms with Crippen molar-refractivity contribution >= 4 is 0 Å². The Bertz CT molecular complexity index is 602. The minimum Gasteiger partial charge on any atom is -0.442 e. The highest BCUT2D eigenvalue weighted by Crippen LogP contribution is 2.37. The molecule has 0 aliphatic carbocycles. The maximum atomic E-state index is 5.38. The smallest absolute Gasteiger partial charge is 0.181 e. The van der Waals surface area contributed by atoms with Gasteiger partial charge in [0.2, 0.25) is 0 Å². The summed E-state index contributed by atoms with van der Waals surface area (Å²) in [5.41, 5.74) is 4.14. The van der Waals surface area contributed by atoms with Crippen molar-refractivity contribution in [3.63, 3.8) is 0 Å². The summed E-state index contributed by atoms with van der Waals surface area (Å²) in [5, 5.41) is 8.87. The van der Waals surface area contributed by atoms with Gasteiger partial charge in [-0.05, 0) is 23.5 Å². The molecular formula is C16H23N3O. The van der Waals surface area contributed by atoms with E-state index in [9.17, 15) is 0 Å². The van der Waals surface area contributed by atoms with Crippen molar-refractivity contribution in [2.45, 2.75) is 59.3 Å². The van der Waals surface area contributed by atoms with Crippen LogP contribution < -0.4 is 0 Å². The third-order valence-electron chi connectivity index (χ3n) is 3.34. The highest BCUT2D eigenvalue weighted by atomic mass is 16.3. The molecule has 4 nitrogen and oxygen atoms in total. The van der Waals surface area contributed by atoms with Crippen molar-refractivity contribution in [2.75, 3.05) is 0 Å². The molecule has 0 atom stereocenters. The topological polar surface area (TPSA) is 51.8 Å². The molecule has 108 valence electrons. The maximum Gasteiger partial charge on any atom is 0.181 e. The van der Waals surface area contributed by atoms with E-state index in [1.807, 2.05) is 0 Å². The Kier molecular flexibility index (Phi) is 3.44. The van der Waals surface area contributed by atoms with Gasteiger partial charge in [-0.1, -0.05) is 41.5 Å². The molecule has 0 aromatic carbocycles. The molecule has 0 amide bonds. The van der Waals surface area contributed by atoms with Crippen molar-refractivity contribution in [3.05, 3.63) is 29.4 Å². The van der Waals surface area contributed by atoms with E-state index in [0.29, 0.717) is 5.76 Å². The third kappa shape index (κ3) is 2.60. The van der Waals surface area contributed by atoms with Crippen LogP contribution in [-0.2, 0) is 10.8 Å². The van der Waals surface area contributed by atoms with Crippen molar-refractivity contribution in [1.82, 2.24) is 15.2 Å². The van der Waals surface area contributed by atoms with Crippen LogP contribution in [0.2, 0.25) is 0 Å². The molecule has 0 saturated heterocycles. The summed E-state index contributed by atoms with van der Waals surface area (Å²) >= 11 is 0. The predicted molar refractivity (Wildman–Crippen MR) is 79.7 cm³/mol. The van der Waals surface area contributed by atoms with Gasteiger partial charge < -0.3 is 4.42 Å². The Morgan fingerprint density at radius 2 is 1.60 bits per heavy atom. The van der Waals surface area contributed by atoms with Crippen molar-refractivity contribution < 1.29 is 4.42 Å². The van der Waals surface area contributed by atoms with Gasteiger partial charge in [-0.25, -0.2) is 4.98 Å². The maximum absolute atomic E-state index is 5.38. The highest BCUT2D eigenvalue weighted by molar-refractivity contribution is 5.59. The molecule has 2 aromatic heterocycles. The lowest BCUT2D eigenvalue weighted by Crippen LogP contribution is -2.26. The average molecular weight is 273 g/mol. The molecule has 4 heteroatoms. The van der Waals surface area contributed by atoms with Crippen LogP contribution >= 0.6 is 0 Å². The van der Waals surface area contributed by atoms with Gasteiger partial charge in [-0.3, -0.25) is 0 Å². The van der Waals surface area contributed by atoms with Crippen LogP contribution in [0.5, 0.6) is 0 Å². The van der Waals surface area contributed by atoms with Gasteiger partial charge in [-0.2, -0.15) is 5.10 Å². The fraction of sp³-hybridized carbons (Fsp3) is 0.562. The van der Waals surface area contributed by atoms with Crippen molar-refractivity contribution in [2.24, 2.45) is 0 Å². The minimum atomic E-state index is -0.0414. The number of aromatic nitrogens is 3. The van der Waals surface area contributed by atoms with Gasteiger partial charge in [0, 0.05) is 5.41 Å². The lowest BCUT2D eigenvalue weighted by atomic mass is 9.76. The van der Waals surface area contributed by atoms with Gasteiger partial charge >= 0.3 is 0 Å². The first-order valence-corrected chi connectivity index (χ1v) is 6.89. The van der Waals surface area contributed by atoms with Crippen LogP contribution in [0.4, 0.5) is 0 Å². The fourth-order valence-corrected chi connectivity index (χ4v) is 2.53. The predicted octanol–water partition coefficient (Wildman–Crippen LogP) is 4.04. The SMILES string of the molecule is Cc1c(-c2cnco2)nnc(C(C)(C)C)c1C(C)(C)C. The Morgan fingerprint density at radius 1 is 0.950 bits per heavy atom. The van der Waals surface area contributed by atoms with Crippen molar-refractivity contribution in [1.29, 1.82) is 0 Å². The molecule has 0 fully saturated rings. The average Bonchev–Trinajstić information content (AvgIpc) is 2.78. The first-order chi connectivity index (χ1) is 9.12. The molecular weight excluding hydrogens is 250 g/mol. The molecule has 0 N–H and O–H groups in total. The van der Waals surface area contributed by atoms with Crippen LogP contribution in [0.1, 0.15) is 58.4 Å². The van der Waals surface area contributed by atoms with Gasteiger partial charge in [0.25, 0.3) is 0 Å². The zero-order valence-electron chi connectivity index (χ0n) is 13.4. The summed E-state index contributed by atoms with van der Waals surface area (Å²) in [7, 11) is 0. The van der Waals surface area contributed by atoms with E-state index in [4.69, 9.17) is 4.42 Å². The minimum absolute atomic E-state index is 0.00257. The van der Waals surface area contributed by atoms with E-state index < -0.39 is 0 Å². The summed E-state index contributed by atoms with van der Waals surface area (Å²) in [4.78, 5) is 3.97. The van der Waals surface area contributed by atoms with Crippen molar-refractivity contribution in [3.8, 4) is 11.5 Å². The lowest BCUT2D eigenvalue weighted by molar-refractivity contribution is 0.500. The Balaban J connectivity index is 2.75. The summed E-state index contributed by atoms with van der Waals surface area (Å²) in [5.74, 6) is 0.668. The molecule has 2 rings (SSSR count). The summed E-state index contributed by atoms with van der Waals surface area (Å²) in [6.45, 7) is 15.2. The molecule has 0 unspecified atom stereocenters. The number of hydrogen-bond acceptors (Lipinski definition) is 4. The largest absolute Gasteiger partial charge is 0.442 e. The second kappa shape index (κ2) is 4.69. The van der Waals surface area contributed by atoms with E-state index in [1.165, 1.54) is 12.0 Å². The molecule has 20 heavy (non-hydrogen) atoms. The monoisotopic (exact) mass is 273 g/mol. The molecule has 2 heterocycles. The van der Waals surface area contributed by atoms with Gasteiger partial charge in [0.1, 0.15) is 5.69 Å². The first-order valence-electron chi connectivity index (χ1n) is 6.89. The number of rotatable bonds is 1. The lowest BCUT2D eigenvalue weighted by Gasteiger charge is -2.30.